The van der Waals surface area contributed by atoms with Gasteiger partial charge in [-0.15, -0.1) is 24.8 Å². The minimum atomic E-state index is 0. The lowest BCUT2D eigenvalue weighted by Gasteiger charge is -1.95. The minimum Gasteiger partial charge on any atom is -0.383 e. The molecule has 12 heavy (non-hydrogen) atoms. The van der Waals surface area contributed by atoms with Crippen molar-refractivity contribution in [3.05, 3.63) is 22.3 Å². The molecule has 0 fully saturated rings. The Morgan fingerprint density at radius 1 is 1.50 bits per heavy atom. The summed E-state index contributed by atoms with van der Waals surface area (Å²) in [5.41, 5.74) is 5.88. The summed E-state index contributed by atoms with van der Waals surface area (Å²) in [4.78, 5) is 13.9. The van der Waals surface area contributed by atoms with Crippen LogP contribution in [0.4, 0.5) is 5.82 Å². The molecule has 0 saturated carbocycles. The van der Waals surface area contributed by atoms with Crippen LogP contribution in [0, 0.1) is 0 Å². The van der Waals surface area contributed by atoms with Crippen LogP contribution in [0.5, 0.6) is 0 Å². The minimum absolute atomic E-state index is 0. The molecule has 0 spiro atoms. The van der Waals surface area contributed by atoms with E-state index < -0.39 is 0 Å². The first-order valence-corrected chi connectivity index (χ1v) is 3.39. The van der Waals surface area contributed by atoms with Crippen molar-refractivity contribution < 1.29 is 4.79 Å². The SMILES string of the molecule is Cl.Cl.Nc1ncc(C=O)cc1Br. The zero-order valence-corrected chi connectivity index (χ0v) is 9.08. The number of aromatic nitrogens is 1. The van der Waals surface area contributed by atoms with E-state index in [1.165, 1.54) is 6.20 Å². The summed E-state index contributed by atoms with van der Waals surface area (Å²) in [6.07, 6.45) is 2.14. The number of carbonyl (C=O) groups is 1. The van der Waals surface area contributed by atoms with Gasteiger partial charge in [0, 0.05) is 11.8 Å². The maximum atomic E-state index is 10.2. The molecular formula is C6H7BrCl2N2O. The van der Waals surface area contributed by atoms with Crippen LogP contribution in [-0.2, 0) is 0 Å². The first-order valence-electron chi connectivity index (χ1n) is 2.60. The molecule has 1 rings (SSSR count). The predicted molar refractivity (Wildman–Crippen MR) is 56.2 cm³/mol. The van der Waals surface area contributed by atoms with Crippen molar-refractivity contribution in [3.8, 4) is 0 Å². The van der Waals surface area contributed by atoms with Crippen LogP contribution in [0.15, 0.2) is 16.7 Å². The lowest BCUT2D eigenvalue weighted by atomic mass is 10.3. The van der Waals surface area contributed by atoms with Gasteiger partial charge in [-0.05, 0) is 22.0 Å². The third-order valence-electron chi connectivity index (χ3n) is 1.03. The highest BCUT2D eigenvalue weighted by Gasteiger charge is 1.96. The molecule has 2 N–H and O–H groups in total. The monoisotopic (exact) mass is 272 g/mol. The molecule has 0 aliphatic carbocycles. The summed E-state index contributed by atoms with van der Waals surface area (Å²) in [6, 6.07) is 1.62. The van der Waals surface area contributed by atoms with Crippen LogP contribution in [0.1, 0.15) is 10.4 Å². The highest BCUT2D eigenvalue weighted by Crippen LogP contribution is 2.16. The Morgan fingerprint density at radius 3 is 2.50 bits per heavy atom. The van der Waals surface area contributed by atoms with E-state index in [-0.39, 0.29) is 24.8 Å². The van der Waals surface area contributed by atoms with Crippen molar-refractivity contribution in [3.63, 3.8) is 0 Å². The quantitative estimate of drug-likeness (QED) is 0.797. The van der Waals surface area contributed by atoms with E-state index in [4.69, 9.17) is 5.73 Å². The van der Waals surface area contributed by atoms with Crippen molar-refractivity contribution in [1.29, 1.82) is 0 Å². The number of halogens is 3. The number of nitrogens with zero attached hydrogens (tertiary/aromatic N) is 1. The standard InChI is InChI=1S/C6H5BrN2O.2ClH/c7-5-1-4(3-10)2-9-6(5)8;;/h1-3H,(H2,8,9);2*1H. The van der Waals surface area contributed by atoms with E-state index in [9.17, 15) is 4.79 Å². The molecular weight excluding hydrogens is 267 g/mol. The smallest absolute Gasteiger partial charge is 0.151 e. The van der Waals surface area contributed by atoms with E-state index in [1.54, 1.807) is 6.07 Å². The Kier molecular flexibility index (Phi) is 7.37. The molecule has 1 aromatic rings. The number of rotatable bonds is 1. The number of nitrogens with two attached hydrogens (primary N) is 1. The lowest BCUT2D eigenvalue weighted by molar-refractivity contribution is 0.112. The van der Waals surface area contributed by atoms with Crippen LogP contribution in [0.3, 0.4) is 0 Å². The summed E-state index contributed by atoms with van der Waals surface area (Å²) in [6.45, 7) is 0. The van der Waals surface area contributed by atoms with Crippen LogP contribution in [0.2, 0.25) is 0 Å². The van der Waals surface area contributed by atoms with Crippen molar-refractivity contribution in [2.45, 2.75) is 0 Å². The molecule has 0 aliphatic heterocycles. The Bertz CT molecular complexity index is 270. The molecule has 0 aliphatic rings. The second-order valence-electron chi connectivity index (χ2n) is 1.75. The largest absolute Gasteiger partial charge is 0.383 e. The van der Waals surface area contributed by atoms with E-state index in [1.807, 2.05) is 0 Å². The van der Waals surface area contributed by atoms with Crippen molar-refractivity contribution in [2.75, 3.05) is 5.73 Å². The Morgan fingerprint density at radius 2 is 2.08 bits per heavy atom. The van der Waals surface area contributed by atoms with E-state index in [2.05, 4.69) is 20.9 Å². The van der Waals surface area contributed by atoms with Gasteiger partial charge in [-0.3, -0.25) is 4.79 Å². The predicted octanol–water partition coefficient (Wildman–Crippen LogP) is 2.08. The van der Waals surface area contributed by atoms with Crippen molar-refractivity contribution in [2.24, 2.45) is 0 Å². The number of pyridine rings is 1. The molecule has 0 amide bonds. The van der Waals surface area contributed by atoms with E-state index >= 15 is 0 Å². The average molecular weight is 274 g/mol. The third-order valence-corrected chi connectivity index (χ3v) is 1.66. The van der Waals surface area contributed by atoms with Crippen LogP contribution < -0.4 is 5.73 Å². The van der Waals surface area contributed by atoms with E-state index in [0.717, 1.165) is 6.29 Å². The lowest BCUT2D eigenvalue weighted by Crippen LogP contribution is -1.92. The zero-order chi connectivity index (χ0) is 7.56. The summed E-state index contributed by atoms with van der Waals surface area (Å²) in [5, 5.41) is 0. The molecule has 0 saturated heterocycles. The van der Waals surface area contributed by atoms with Gasteiger partial charge in [0.1, 0.15) is 5.82 Å². The maximum Gasteiger partial charge on any atom is 0.151 e. The second-order valence-corrected chi connectivity index (χ2v) is 2.61. The molecule has 0 bridgehead atoms. The van der Waals surface area contributed by atoms with Gasteiger partial charge in [0.05, 0.1) is 4.47 Å². The molecule has 1 heterocycles. The Labute approximate surface area is 90.7 Å². The molecule has 0 radical (unpaired) electrons. The second kappa shape index (κ2) is 6.22. The topological polar surface area (TPSA) is 56.0 Å². The highest BCUT2D eigenvalue weighted by atomic mass is 79.9. The van der Waals surface area contributed by atoms with Gasteiger partial charge in [-0.25, -0.2) is 4.98 Å². The third kappa shape index (κ3) is 3.38. The first-order chi connectivity index (χ1) is 4.74. The Hall–Kier alpha value is -0.320. The number of carbonyl (C=O) groups excluding carboxylic acids is 1. The molecule has 3 nitrogen and oxygen atoms in total. The molecule has 6 heteroatoms. The summed E-state index contributed by atoms with van der Waals surface area (Å²) in [5.74, 6) is 0.394. The van der Waals surface area contributed by atoms with Crippen LogP contribution in [-0.4, -0.2) is 11.3 Å². The normalized spacial score (nSPS) is 7.75. The average Bonchev–Trinajstić information content (AvgIpc) is 1.95. The van der Waals surface area contributed by atoms with Gasteiger partial charge < -0.3 is 5.73 Å². The molecule has 0 atom stereocenters. The maximum absolute atomic E-state index is 10.2. The van der Waals surface area contributed by atoms with Crippen LogP contribution >= 0.6 is 40.7 Å². The van der Waals surface area contributed by atoms with Crippen LogP contribution in [0.25, 0.3) is 0 Å². The Balaban J connectivity index is 0. The zero-order valence-electron chi connectivity index (χ0n) is 5.86. The summed E-state index contributed by atoms with van der Waals surface area (Å²) in [7, 11) is 0. The fraction of sp³-hybridized carbons (Fsp3) is 0. The number of nitrogen functional groups attached to an aromatic ring is 1. The number of anilines is 1. The number of aldehydes is 1. The van der Waals surface area contributed by atoms with Gasteiger partial charge in [0.15, 0.2) is 6.29 Å². The van der Waals surface area contributed by atoms with Crippen molar-refractivity contribution in [1.82, 2.24) is 4.98 Å². The van der Waals surface area contributed by atoms with Gasteiger partial charge in [0.25, 0.3) is 0 Å². The summed E-state index contributed by atoms with van der Waals surface area (Å²) >= 11 is 3.14. The molecule has 0 unspecified atom stereocenters. The van der Waals surface area contributed by atoms with Gasteiger partial charge >= 0.3 is 0 Å². The van der Waals surface area contributed by atoms with Gasteiger partial charge in [0.2, 0.25) is 0 Å². The summed E-state index contributed by atoms with van der Waals surface area (Å²) < 4.78 is 0.650. The number of hydrogen-bond donors (Lipinski definition) is 1. The molecule has 68 valence electrons. The van der Waals surface area contributed by atoms with Gasteiger partial charge in [-0.1, -0.05) is 0 Å². The highest BCUT2D eigenvalue weighted by molar-refractivity contribution is 9.10. The molecule has 1 aromatic heterocycles. The molecule has 0 aromatic carbocycles. The van der Waals surface area contributed by atoms with E-state index in [0.29, 0.717) is 15.9 Å². The fourth-order valence-corrected chi connectivity index (χ4v) is 0.894. The fourth-order valence-electron chi connectivity index (χ4n) is 0.528. The first kappa shape index (κ1) is 14.2. The van der Waals surface area contributed by atoms with Crippen molar-refractivity contribution >= 4 is 52.8 Å². The number of hydrogen-bond acceptors (Lipinski definition) is 3. The van der Waals surface area contributed by atoms with Gasteiger partial charge in [-0.2, -0.15) is 0 Å².